The van der Waals surface area contributed by atoms with Crippen molar-refractivity contribution < 1.29 is 13.2 Å². The van der Waals surface area contributed by atoms with Gasteiger partial charge in [-0.05, 0) is 94.9 Å². The third-order valence-corrected chi connectivity index (χ3v) is 8.86. The largest absolute Gasteiger partial charge is 0.495 e. The van der Waals surface area contributed by atoms with E-state index in [0.29, 0.717) is 23.4 Å². The van der Waals surface area contributed by atoms with Gasteiger partial charge in [0.15, 0.2) is 9.84 Å². The third kappa shape index (κ3) is 5.47. The van der Waals surface area contributed by atoms with Gasteiger partial charge in [0.05, 0.1) is 28.6 Å². The summed E-state index contributed by atoms with van der Waals surface area (Å²) in [6.07, 6.45) is 3.93. The molecule has 2 aromatic carbocycles. The molecule has 0 unspecified atom stereocenters. The molecule has 0 saturated carbocycles. The molecule has 0 atom stereocenters. The molecule has 36 heavy (non-hydrogen) atoms. The molecular weight excluding hydrogens is 474 g/mol. The van der Waals surface area contributed by atoms with Gasteiger partial charge < -0.3 is 20.7 Å². The Balaban J connectivity index is 1.63. The second-order valence-electron chi connectivity index (χ2n) is 9.50. The summed E-state index contributed by atoms with van der Waals surface area (Å²) >= 11 is 0. The summed E-state index contributed by atoms with van der Waals surface area (Å²) in [5, 5.41) is 9.39. The Morgan fingerprint density at radius 1 is 1.03 bits per heavy atom. The maximum Gasteiger partial charge on any atom is 0.229 e. The second kappa shape index (κ2) is 10.8. The minimum Gasteiger partial charge on any atom is -0.495 e. The molecule has 8 nitrogen and oxygen atoms in total. The van der Waals surface area contributed by atoms with E-state index in [9.17, 15) is 8.42 Å². The molecule has 1 saturated heterocycles. The van der Waals surface area contributed by atoms with Crippen molar-refractivity contribution in [1.29, 1.82) is 0 Å². The Bertz CT molecular complexity index is 1340. The summed E-state index contributed by atoms with van der Waals surface area (Å²) in [5.74, 6) is 2.17. The molecule has 1 fully saturated rings. The molecule has 9 heteroatoms. The Kier molecular flexibility index (Phi) is 7.80. The molecule has 0 radical (unpaired) electrons. The summed E-state index contributed by atoms with van der Waals surface area (Å²) in [7, 11) is -1.80. The van der Waals surface area contributed by atoms with Gasteiger partial charge in [0, 0.05) is 11.8 Å². The maximum absolute atomic E-state index is 12.9. The molecule has 0 bridgehead atoms. The Labute approximate surface area is 213 Å². The van der Waals surface area contributed by atoms with E-state index in [1.54, 1.807) is 51.4 Å². The number of aromatic nitrogens is 2. The highest BCUT2D eigenvalue weighted by Gasteiger charge is 2.23. The molecule has 1 aliphatic rings. The van der Waals surface area contributed by atoms with Crippen molar-refractivity contribution in [2.45, 2.75) is 56.6 Å². The number of hydrogen-bond acceptors (Lipinski definition) is 8. The first-order valence-corrected chi connectivity index (χ1v) is 13.8. The van der Waals surface area contributed by atoms with Crippen LogP contribution in [0.3, 0.4) is 0 Å². The van der Waals surface area contributed by atoms with Crippen LogP contribution in [0.2, 0.25) is 0 Å². The molecule has 0 spiro atoms. The summed E-state index contributed by atoms with van der Waals surface area (Å²) in [4.78, 5) is 9.35. The van der Waals surface area contributed by atoms with Crippen LogP contribution in [0.5, 0.6) is 5.75 Å². The van der Waals surface area contributed by atoms with Gasteiger partial charge in [0.25, 0.3) is 0 Å². The lowest BCUT2D eigenvalue weighted by atomic mass is 9.87. The molecule has 2 heterocycles. The molecule has 3 aromatic rings. The zero-order valence-electron chi connectivity index (χ0n) is 21.6. The van der Waals surface area contributed by atoms with Crippen LogP contribution in [0.4, 0.5) is 23.1 Å². The van der Waals surface area contributed by atoms with Crippen LogP contribution in [-0.2, 0) is 9.84 Å². The van der Waals surface area contributed by atoms with Gasteiger partial charge >= 0.3 is 0 Å². The average molecular weight is 510 g/mol. The first kappa shape index (κ1) is 25.9. The monoisotopic (exact) mass is 509 g/mol. The number of nitrogens with one attached hydrogen (secondary N) is 3. The van der Waals surface area contributed by atoms with Crippen LogP contribution in [-0.4, -0.2) is 43.8 Å². The van der Waals surface area contributed by atoms with E-state index >= 15 is 0 Å². The number of rotatable bonds is 8. The van der Waals surface area contributed by atoms with Crippen molar-refractivity contribution in [1.82, 2.24) is 15.3 Å². The van der Waals surface area contributed by atoms with E-state index in [1.165, 1.54) is 11.1 Å². The van der Waals surface area contributed by atoms with Gasteiger partial charge in [-0.25, -0.2) is 13.4 Å². The number of para-hydroxylation sites is 1. The fourth-order valence-electron chi connectivity index (χ4n) is 4.49. The SMILES string of the molecule is COc1cc(C2CCNCC2)c(C)cc1Nc1ncc(C)c(Nc2ccccc2S(=O)(=O)C(C)C)n1. The minimum atomic E-state index is -3.47. The Morgan fingerprint density at radius 2 is 1.75 bits per heavy atom. The first-order chi connectivity index (χ1) is 17.2. The van der Waals surface area contributed by atoms with Crippen molar-refractivity contribution in [3.8, 4) is 5.75 Å². The number of sulfone groups is 1. The third-order valence-electron chi connectivity index (χ3n) is 6.65. The fourth-order valence-corrected chi connectivity index (χ4v) is 5.69. The Hall–Kier alpha value is -3.17. The second-order valence-corrected chi connectivity index (χ2v) is 12.0. The van der Waals surface area contributed by atoms with E-state index in [1.807, 2.05) is 6.92 Å². The fraction of sp³-hybridized carbons (Fsp3) is 0.407. The molecule has 192 valence electrons. The predicted octanol–water partition coefficient (Wildman–Crippen LogP) is 5.24. The number of piperidine rings is 1. The molecule has 0 amide bonds. The summed E-state index contributed by atoms with van der Waals surface area (Å²) in [6, 6.07) is 11.1. The van der Waals surface area contributed by atoms with Crippen molar-refractivity contribution in [3.63, 3.8) is 0 Å². The summed E-state index contributed by atoms with van der Waals surface area (Å²) in [6.45, 7) is 9.41. The van der Waals surface area contributed by atoms with Crippen LogP contribution < -0.4 is 20.7 Å². The minimum absolute atomic E-state index is 0.248. The molecule has 1 aliphatic heterocycles. The van der Waals surface area contributed by atoms with E-state index < -0.39 is 15.1 Å². The van der Waals surface area contributed by atoms with Gasteiger partial charge in [-0.3, -0.25) is 0 Å². The first-order valence-electron chi connectivity index (χ1n) is 12.3. The van der Waals surface area contributed by atoms with Crippen LogP contribution in [0.1, 0.15) is 49.3 Å². The van der Waals surface area contributed by atoms with Gasteiger partial charge in [-0.2, -0.15) is 4.98 Å². The van der Waals surface area contributed by atoms with Gasteiger partial charge in [-0.15, -0.1) is 0 Å². The van der Waals surface area contributed by atoms with Crippen LogP contribution in [0.15, 0.2) is 47.5 Å². The summed E-state index contributed by atoms with van der Waals surface area (Å²) < 4.78 is 31.5. The van der Waals surface area contributed by atoms with Crippen LogP contribution in [0.25, 0.3) is 0 Å². The molecule has 4 rings (SSSR count). The van der Waals surface area contributed by atoms with Gasteiger partial charge in [0.2, 0.25) is 5.95 Å². The molecule has 0 aliphatic carbocycles. The lowest BCUT2D eigenvalue weighted by molar-refractivity contribution is 0.413. The quantitative estimate of drug-likeness (QED) is 0.379. The highest BCUT2D eigenvalue weighted by Crippen LogP contribution is 2.36. The smallest absolute Gasteiger partial charge is 0.229 e. The molecular formula is C27H35N5O3S. The Morgan fingerprint density at radius 3 is 2.44 bits per heavy atom. The van der Waals surface area contributed by atoms with Crippen LogP contribution >= 0.6 is 0 Å². The van der Waals surface area contributed by atoms with E-state index in [-0.39, 0.29) is 4.90 Å². The summed E-state index contributed by atoms with van der Waals surface area (Å²) in [5.41, 5.74) is 4.57. The number of aryl methyl sites for hydroxylation is 2. The number of ether oxygens (including phenoxy) is 1. The predicted molar refractivity (Wildman–Crippen MR) is 145 cm³/mol. The standard InChI is InChI=1S/C27H35N5O3S/c1-17(2)36(33,34)25-9-7-6-8-22(25)30-26-19(4)16-29-27(32-26)31-23-14-18(3)21(15-24(23)35-5)20-10-12-28-13-11-20/h6-9,14-17,20,28H,10-13H2,1-5H3,(H2,29,30,31,32). The number of anilines is 4. The topological polar surface area (TPSA) is 105 Å². The van der Waals surface area contributed by atoms with Crippen molar-refractivity contribution in [3.05, 3.63) is 59.3 Å². The molecule has 3 N–H and O–H groups in total. The van der Waals surface area contributed by atoms with Crippen molar-refractivity contribution in [2.24, 2.45) is 0 Å². The number of hydrogen-bond donors (Lipinski definition) is 3. The normalized spacial score (nSPS) is 14.6. The van der Waals surface area contributed by atoms with E-state index in [2.05, 4.69) is 45.0 Å². The van der Waals surface area contributed by atoms with Gasteiger partial charge in [-0.1, -0.05) is 12.1 Å². The molecule has 1 aromatic heterocycles. The van der Waals surface area contributed by atoms with Crippen molar-refractivity contribution in [2.75, 3.05) is 30.8 Å². The van der Waals surface area contributed by atoms with E-state index in [0.717, 1.165) is 42.9 Å². The zero-order chi connectivity index (χ0) is 25.9. The highest BCUT2D eigenvalue weighted by molar-refractivity contribution is 7.92. The van der Waals surface area contributed by atoms with Gasteiger partial charge in [0.1, 0.15) is 11.6 Å². The van der Waals surface area contributed by atoms with E-state index in [4.69, 9.17) is 4.74 Å². The van der Waals surface area contributed by atoms with Crippen LogP contribution in [0, 0.1) is 13.8 Å². The lowest BCUT2D eigenvalue weighted by Crippen LogP contribution is -2.27. The maximum atomic E-state index is 12.9. The lowest BCUT2D eigenvalue weighted by Gasteiger charge is -2.25. The number of methoxy groups -OCH3 is 1. The zero-order valence-corrected chi connectivity index (χ0v) is 22.4. The average Bonchev–Trinajstić information content (AvgIpc) is 2.87. The number of nitrogens with zero attached hydrogens (tertiary/aromatic N) is 2. The number of benzene rings is 2. The highest BCUT2D eigenvalue weighted by atomic mass is 32.2. The van der Waals surface area contributed by atoms with Crippen molar-refractivity contribution >= 4 is 33.0 Å².